The molecule has 0 saturated carbocycles. The molecule has 1 aromatic carbocycles. The van der Waals surface area contributed by atoms with Gasteiger partial charge >= 0.3 is 6.18 Å². The van der Waals surface area contributed by atoms with Gasteiger partial charge in [-0.1, -0.05) is 25.1 Å². The van der Waals surface area contributed by atoms with E-state index >= 15 is 0 Å². The lowest BCUT2D eigenvalue weighted by atomic mass is 9.97. The molecule has 1 aliphatic heterocycles. The molecule has 1 aliphatic rings. The lowest BCUT2D eigenvalue weighted by molar-refractivity contribution is -0.137. The summed E-state index contributed by atoms with van der Waals surface area (Å²) in [6.07, 6.45) is -3.81. The summed E-state index contributed by atoms with van der Waals surface area (Å²) < 4.78 is 64.9. The normalized spacial score (nSPS) is 23.5. The zero-order chi connectivity index (χ0) is 16.4. The topological polar surface area (TPSA) is 58.2 Å². The van der Waals surface area contributed by atoms with E-state index in [1.54, 1.807) is 0 Å². The minimum atomic E-state index is -4.48. The second-order valence-electron chi connectivity index (χ2n) is 5.65. The molecule has 8 heteroatoms. The monoisotopic (exact) mass is 336 g/mol. The van der Waals surface area contributed by atoms with Gasteiger partial charge in [-0.15, -0.1) is 0 Å². The first-order valence-corrected chi connectivity index (χ1v) is 8.69. The van der Waals surface area contributed by atoms with Crippen molar-refractivity contribution < 1.29 is 21.6 Å². The molecule has 0 aromatic heterocycles. The van der Waals surface area contributed by atoms with E-state index in [0.717, 1.165) is 25.2 Å². The Morgan fingerprint density at radius 3 is 2.73 bits per heavy atom. The fraction of sp³-hybridized carbons (Fsp3) is 0.571. The predicted molar refractivity (Wildman–Crippen MR) is 77.6 cm³/mol. The van der Waals surface area contributed by atoms with Crippen LogP contribution in [-0.2, 0) is 22.0 Å². The molecular formula is C14H19F3N2O2S. The first-order valence-electron chi connectivity index (χ1n) is 7.04. The van der Waals surface area contributed by atoms with Crippen LogP contribution in [0.4, 0.5) is 13.2 Å². The first-order chi connectivity index (χ1) is 10.2. The molecular weight excluding hydrogens is 317 g/mol. The van der Waals surface area contributed by atoms with Crippen molar-refractivity contribution in [2.45, 2.75) is 31.3 Å². The standard InChI is InChI=1S/C14H19F3N2O2S/c1-10-8-18-6-5-13(10)19-22(20,21)9-11-3-2-4-12(7-11)14(15,16)17/h2-4,7,10,13,18-19H,5-6,8-9H2,1H3. The van der Waals surface area contributed by atoms with Crippen LogP contribution in [0.15, 0.2) is 24.3 Å². The number of nitrogens with one attached hydrogen (secondary N) is 2. The summed E-state index contributed by atoms with van der Waals surface area (Å²) in [6.45, 7) is 3.38. The van der Waals surface area contributed by atoms with Crippen molar-refractivity contribution in [2.75, 3.05) is 13.1 Å². The third-order valence-corrected chi connectivity index (χ3v) is 5.10. The molecule has 1 aromatic rings. The maximum absolute atomic E-state index is 12.7. The van der Waals surface area contributed by atoms with Gasteiger partial charge in [0.05, 0.1) is 11.3 Å². The molecule has 1 heterocycles. The summed E-state index contributed by atoms with van der Waals surface area (Å²) in [6, 6.07) is 4.24. The molecule has 1 fully saturated rings. The second kappa shape index (κ2) is 6.55. The highest BCUT2D eigenvalue weighted by Gasteiger charge is 2.31. The quantitative estimate of drug-likeness (QED) is 0.885. The van der Waals surface area contributed by atoms with E-state index in [1.165, 1.54) is 12.1 Å². The van der Waals surface area contributed by atoms with Gasteiger partial charge in [-0.25, -0.2) is 13.1 Å². The van der Waals surface area contributed by atoms with E-state index in [-0.39, 0.29) is 17.5 Å². The second-order valence-corrected chi connectivity index (χ2v) is 7.41. The Morgan fingerprint density at radius 1 is 1.36 bits per heavy atom. The minimum Gasteiger partial charge on any atom is -0.316 e. The van der Waals surface area contributed by atoms with Crippen molar-refractivity contribution in [3.05, 3.63) is 35.4 Å². The lowest BCUT2D eigenvalue weighted by Crippen LogP contribution is -2.48. The number of hydrogen-bond acceptors (Lipinski definition) is 3. The molecule has 2 unspecified atom stereocenters. The summed E-state index contributed by atoms with van der Waals surface area (Å²) in [5.41, 5.74) is -0.709. The van der Waals surface area contributed by atoms with Crippen LogP contribution >= 0.6 is 0 Å². The number of rotatable bonds is 4. The first kappa shape index (κ1) is 17.2. The van der Waals surface area contributed by atoms with Crippen molar-refractivity contribution in [3.63, 3.8) is 0 Å². The zero-order valence-corrected chi connectivity index (χ0v) is 13.0. The Morgan fingerprint density at radius 2 is 2.09 bits per heavy atom. The fourth-order valence-corrected chi connectivity index (χ4v) is 4.03. The van der Waals surface area contributed by atoms with E-state index in [9.17, 15) is 21.6 Å². The third kappa shape index (κ3) is 4.69. The molecule has 0 bridgehead atoms. The molecule has 0 radical (unpaired) electrons. The van der Waals surface area contributed by atoms with E-state index in [1.807, 2.05) is 6.92 Å². The highest BCUT2D eigenvalue weighted by molar-refractivity contribution is 7.88. The zero-order valence-electron chi connectivity index (χ0n) is 12.2. The maximum atomic E-state index is 12.7. The van der Waals surface area contributed by atoms with Gasteiger partial charge in [0.15, 0.2) is 0 Å². The van der Waals surface area contributed by atoms with Crippen molar-refractivity contribution in [3.8, 4) is 0 Å². The minimum absolute atomic E-state index is 0.129. The Hall–Kier alpha value is -1.12. The van der Waals surface area contributed by atoms with Crippen molar-refractivity contribution >= 4 is 10.0 Å². The average molecular weight is 336 g/mol. The van der Waals surface area contributed by atoms with Gasteiger partial charge < -0.3 is 5.32 Å². The predicted octanol–water partition coefficient (Wildman–Crippen LogP) is 2.12. The smallest absolute Gasteiger partial charge is 0.316 e. The number of sulfonamides is 1. The number of alkyl halides is 3. The number of halogens is 3. The van der Waals surface area contributed by atoms with Crippen LogP contribution in [0, 0.1) is 5.92 Å². The van der Waals surface area contributed by atoms with Crippen molar-refractivity contribution in [1.82, 2.24) is 10.0 Å². The summed E-state index contributed by atoms with van der Waals surface area (Å²) in [4.78, 5) is 0. The highest BCUT2D eigenvalue weighted by atomic mass is 32.2. The van der Waals surface area contributed by atoms with E-state index in [0.29, 0.717) is 6.42 Å². The SMILES string of the molecule is CC1CNCCC1NS(=O)(=O)Cc1cccc(C(F)(F)F)c1. The molecule has 1 saturated heterocycles. The lowest BCUT2D eigenvalue weighted by Gasteiger charge is -2.30. The van der Waals surface area contributed by atoms with Gasteiger partial charge in [-0.2, -0.15) is 13.2 Å². The van der Waals surface area contributed by atoms with Crippen LogP contribution in [0.2, 0.25) is 0 Å². The molecule has 4 nitrogen and oxygen atoms in total. The van der Waals surface area contributed by atoms with E-state index < -0.39 is 27.5 Å². The Bertz CT molecular complexity index is 617. The van der Waals surface area contributed by atoms with Gasteiger partial charge in [0.2, 0.25) is 10.0 Å². The molecule has 2 rings (SSSR count). The van der Waals surface area contributed by atoms with Crippen LogP contribution in [0.1, 0.15) is 24.5 Å². The summed E-state index contributed by atoms with van der Waals surface area (Å²) in [5, 5.41) is 3.16. The number of hydrogen-bond donors (Lipinski definition) is 2. The average Bonchev–Trinajstić information content (AvgIpc) is 2.40. The maximum Gasteiger partial charge on any atom is 0.416 e. The summed E-state index contributed by atoms with van der Waals surface area (Å²) in [7, 11) is -3.67. The molecule has 0 spiro atoms. The molecule has 2 N–H and O–H groups in total. The third-order valence-electron chi connectivity index (χ3n) is 3.73. The molecule has 2 atom stereocenters. The van der Waals surface area contributed by atoms with Gasteiger partial charge in [-0.05, 0) is 37.1 Å². The van der Waals surface area contributed by atoms with Crippen molar-refractivity contribution in [2.24, 2.45) is 5.92 Å². The summed E-state index contributed by atoms with van der Waals surface area (Å²) in [5.74, 6) is -0.307. The van der Waals surface area contributed by atoms with Crippen molar-refractivity contribution in [1.29, 1.82) is 0 Å². The van der Waals surface area contributed by atoms with Gasteiger partial charge in [-0.3, -0.25) is 0 Å². The van der Waals surface area contributed by atoms with Gasteiger partial charge in [0.1, 0.15) is 0 Å². The Balaban J connectivity index is 2.08. The van der Waals surface area contributed by atoms with Crippen LogP contribution < -0.4 is 10.0 Å². The Kier molecular flexibility index (Phi) is 5.14. The van der Waals surface area contributed by atoms with E-state index in [4.69, 9.17) is 0 Å². The molecule has 124 valence electrons. The molecule has 0 amide bonds. The molecule has 22 heavy (non-hydrogen) atoms. The number of benzene rings is 1. The highest BCUT2D eigenvalue weighted by Crippen LogP contribution is 2.29. The van der Waals surface area contributed by atoms with Crippen LogP contribution in [-0.4, -0.2) is 27.5 Å². The molecule has 0 aliphatic carbocycles. The van der Waals surface area contributed by atoms with Crippen LogP contribution in [0.25, 0.3) is 0 Å². The summed E-state index contributed by atoms with van der Waals surface area (Å²) >= 11 is 0. The fourth-order valence-electron chi connectivity index (χ4n) is 2.52. The van der Waals surface area contributed by atoms with Crippen LogP contribution in [0.5, 0.6) is 0 Å². The van der Waals surface area contributed by atoms with E-state index in [2.05, 4.69) is 10.0 Å². The Labute approximate surface area is 128 Å². The van der Waals surface area contributed by atoms with Crippen LogP contribution in [0.3, 0.4) is 0 Å². The van der Waals surface area contributed by atoms with Gasteiger partial charge in [0.25, 0.3) is 0 Å². The number of piperidine rings is 1. The largest absolute Gasteiger partial charge is 0.416 e. The van der Waals surface area contributed by atoms with Gasteiger partial charge in [0, 0.05) is 6.04 Å².